The molecule has 0 atom stereocenters. The molecule has 0 unspecified atom stereocenters. The molecule has 0 spiro atoms. The SMILES string of the molecule is O=C(Cn1ccc(C(=O)O)cc1=O)NCC1CC1. The molecule has 0 bridgehead atoms. The van der Waals surface area contributed by atoms with Gasteiger partial charge in [-0.25, -0.2) is 4.79 Å². The molecule has 96 valence electrons. The molecule has 1 aromatic rings. The normalized spacial score (nSPS) is 14.2. The third kappa shape index (κ3) is 3.19. The molecule has 2 N–H and O–H groups in total. The van der Waals surface area contributed by atoms with E-state index >= 15 is 0 Å². The molecular weight excluding hydrogens is 236 g/mol. The van der Waals surface area contributed by atoms with Gasteiger partial charge in [0.05, 0.1) is 5.56 Å². The Hall–Kier alpha value is -2.11. The van der Waals surface area contributed by atoms with Crippen molar-refractivity contribution in [3.05, 3.63) is 34.2 Å². The number of nitrogens with one attached hydrogen (secondary N) is 1. The maximum atomic E-state index is 11.6. The average Bonchev–Trinajstić information content (AvgIpc) is 3.13. The summed E-state index contributed by atoms with van der Waals surface area (Å²) in [6.07, 6.45) is 3.61. The van der Waals surface area contributed by atoms with Crippen LogP contribution in [0.4, 0.5) is 0 Å². The Morgan fingerprint density at radius 2 is 2.17 bits per heavy atom. The number of aromatic carboxylic acids is 1. The highest BCUT2D eigenvalue weighted by Crippen LogP contribution is 2.27. The number of carboxylic acid groups (broad SMARTS) is 1. The lowest BCUT2D eigenvalue weighted by atomic mass is 10.3. The van der Waals surface area contributed by atoms with Gasteiger partial charge in [0, 0.05) is 18.8 Å². The largest absolute Gasteiger partial charge is 0.478 e. The summed E-state index contributed by atoms with van der Waals surface area (Å²) in [7, 11) is 0. The predicted octanol–water partition coefficient (Wildman–Crippen LogP) is 0.0727. The highest BCUT2D eigenvalue weighted by Gasteiger charge is 2.21. The van der Waals surface area contributed by atoms with Crippen molar-refractivity contribution in [2.24, 2.45) is 5.92 Å². The van der Waals surface area contributed by atoms with Crippen LogP contribution in [0, 0.1) is 5.92 Å². The number of carboxylic acids is 1. The van der Waals surface area contributed by atoms with Crippen molar-refractivity contribution < 1.29 is 14.7 Å². The van der Waals surface area contributed by atoms with Crippen LogP contribution in [0.2, 0.25) is 0 Å². The van der Waals surface area contributed by atoms with Crippen LogP contribution in [0.3, 0.4) is 0 Å². The van der Waals surface area contributed by atoms with Gasteiger partial charge in [0.2, 0.25) is 5.91 Å². The van der Waals surface area contributed by atoms with Crippen LogP contribution in [-0.2, 0) is 11.3 Å². The molecule has 1 fully saturated rings. The zero-order valence-electron chi connectivity index (χ0n) is 9.76. The fourth-order valence-corrected chi connectivity index (χ4v) is 1.56. The van der Waals surface area contributed by atoms with Gasteiger partial charge in [-0.1, -0.05) is 0 Å². The third-order valence-corrected chi connectivity index (χ3v) is 2.84. The van der Waals surface area contributed by atoms with Gasteiger partial charge in [-0.3, -0.25) is 9.59 Å². The quantitative estimate of drug-likeness (QED) is 0.774. The van der Waals surface area contributed by atoms with Crippen molar-refractivity contribution in [2.75, 3.05) is 6.54 Å². The minimum atomic E-state index is -1.16. The van der Waals surface area contributed by atoms with E-state index in [9.17, 15) is 14.4 Å². The summed E-state index contributed by atoms with van der Waals surface area (Å²) in [5, 5.41) is 11.4. The number of aromatic nitrogens is 1. The molecule has 1 aromatic heterocycles. The van der Waals surface area contributed by atoms with Gasteiger partial charge >= 0.3 is 5.97 Å². The summed E-state index contributed by atoms with van der Waals surface area (Å²) >= 11 is 0. The lowest BCUT2D eigenvalue weighted by molar-refractivity contribution is -0.121. The second-order valence-electron chi connectivity index (χ2n) is 4.43. The smallest absolute Gasteiger partial charge is 0.335 e. The molecule has 6 nitrogen and oxygen atoms in total. The van der Waals surface area contributed by atoms with Gasteiger partial charge in [0.15, 0.2) is 0 Å². The molecule has 0 saturated heterocycles. The molecule has 1 saturated carbocycles. The zero-order chi connectivity index (χ0) is 13.1. The van der Waals surface area contributed by atoms with E-state index < -0.39 is 11.5 Å². The number of pyridine rings is 1. The molecule has 1 aliphatic carbocycles. The first kappa shape index (κ1) is 12.3. The van der Waals surface area contributed by atoms with E-state index in [1.807, 2.05) is 0 Å². The summed E-state index contributed by atoms with van der Waals surface area (Å²) in [5.74, 6) is -0.801. The molecule has 0 radical (unpaired) electrons. The second kappa shape index (κ2) is 5.03. The predicted molar refractivity (Wildman–Crippen MR) is 63.4 cm³/mol. The first-order chi connectivity index (χ1) is 8.56. The maximum absolute atomic E-state index is 11.6. The van der Waals surface area contributed by atoms with Gasteiger partial charge in [0.25, 0.3) is 5.56 Å². The topological polar surface area (TPSA) is 88.4 Å². The van der Waals surface area contributed by atoms with Crippen LogP contribution in [0.25, 0.3) is 0 Å². The first-order valence-corrected chi connectivity index (χ1v) is 5.77. The van der Waals surface area contributed by atoms with E-state index in [4.69, 9.17) is 5.11 Å². The molecule has 1 amide bonds. The number of carbonyl (C=O) groups is 2. The van der Waals surface area contributed by atoms with Crippen LogP contribution >= 0.6 is 0 Å². The number of carbonyl (C=O) groups excluding carboxylic acids is 1. The Bertz CT molecular complexity index is 531. The maximum Gasteiger partial charge on any atom is 0.335 e. The summed E-state index contributed by atoms with van der Waals surface area (Å²) in [5.41, 5.74) is -0.564. The standard InChI is InChI=1S/C12H14N2O4/c15-10(13-6-8-1-2-8)7-14-4-3-9(12(17)18)5-11(14)16/h3-5,8H,1-2,6-7H2,(H,13,15)(H,17,18). The highest BCUT2D eigenvalue weighted by atomic mass is 16.4. The van der Waals surface area contributed by atoms with Gasteiger partial charge in [-0.2, -0.15) is 0 Å². The van der Waals surface area contributed by atoms with Gasteiger partial charge in [-0.05, 0) is 24.8 Å². The van der Waals surface area contributed by atoms with E-state index in [0.29, 0.717) is 12.5 Å². The van der Waals surface area contributed by atoms with Gasteiger partial charge < -0.3 is 15.0 Å². The summed E-state index contributed by atoms with van der Waals surface area (Å²) in [4.78, 5) is 33.7. The Kier molecular flexibility index (Phi) is 3.45. The fourth-order valence-electron chi connectivity index (χ4n) is 1.56. The number of hydrogen-bond acceptors (Lipinski definition) is 3. The monoisotopic (exact) mass is 250 g/mol. The van der Waals surface area contributed by atoms with E-state index in [0.717, 1.165) is 18.9 Å². The van der Waals surface area contributed by atoms with Crippen LogP contribution < -0.4 is 10.9 Å². The first-order valence-electron chi connectivity index (χ1n) is 5.77. The minimum Gasteiger partial charge on any atom is -0.478 e. The number of amides is 1. The zero-order valence-corrected chi connectivity index (χ0v) is 9.76. The van der Waals surface area contributed by atoms with Gasteiger partial charge in [0.1, 0.15) is 6.54 Å². The summed E-state index contributed by atoms with van der Waals surface area (Å²) in [6.45, 7) is 0.576. The molecule has 1 aliphatic rings. The van der Waals surface area contributed by atoms with Crippen molar-refractivity contribution in [1.82, 2.24) is 9.88 Å². The van der Waals surface area contributed by atoms with Crippen LogP contribution in [0.15, 0.2) is 23.1 Å². The van der Waals surface area contributed by atoms with E-state index in [1.54, 1.807) is 0 Å². The minimum absolute atomic E-state index is 0.0744. The molecule has 2 rings (SSSR count). The molecular formula is C12H14N2O4. The molecule has 0 aromatic carbocycles. The van der Waals surface area contributed by atoms with E-state index in [2.05, 4.69) is 5.32 Å². The fraction of sp³-hybridized carbons (Fsp3) is 0.417. The van der Waals surface area contributed by atoms with Crippen molar-refractivity contribution in [2.45, 2.75) is 19.4 Å². The summed E-state index contributed by atoms with van der Waals surface area (Å²) in [6, 6.07) is 2.31. The van der Waals surface area contributed by atoms with Crippen LogP contribution in [-0.4, -0.2) is 28.1 Å². The Balaban J connectivity index is 1.97. The molecule has 6 heteroatoms. The van der Waals surface area contributed by atoms with Crippen LogP contribution in [0.5, 0.6) is 0 Å². The van der Waals surface area contributed by atoms with E-state index in [-0.39, 0.29) is 18.0 Å². The molecule has 0 aliphatic heterocycles. The van der Waals surface area contributed by atoms with Crippen molar-refractivity contribution in [3.8, 4) is 0 Å². The van der Waals surface area contributed by atoms with Crippen molar-refractivity contribution >= 4 is 11.9 Å². The second-order valence-corrected chi connectivity index (χ2v) is 4.43. The Morgan fingerprint density at radius 1 is 1.44 bits per heavy atom. The van der Waals surface area contributed by atoms with Crippen molar-refractivity contribution in [3.63, 3.8) is 0 Å². The highest BCUT2D eigenvalue weighted by molar-refractivity contribution is 5.87. The average molecular weight is 250 g/mol. The Labute approximate surface area is 103 Å². The lowest BCUT2D eigenvalue weighted by Gasteiger charge is -2.06. The number of nitrogens with zero attached hydrogens (tertiary/aromatic N) is 1. The van der Waals surface area contributed by atoms with Crippen LogP contribution in [0.1, 0.15) is 23.2 Å². The van der Waals surface area contributed by atoms with Gasteiger partial charge in [-0.15, -0.1) is 0 Å². The van der Waals surface area contributed by atoms with Crippen molar-refractivity contribution in [1.29, 1.82) is 0 Å². The lowest BCUT2D eigenvalue weighted by Crippen LogP contribution is -2.33. The molecule has 18 heavy (non-hydrogen) atoms. The Morgan fingerprint density at radius 3 is 2.72 bits per heavy atom. The summed E-state index contributed by atoms with van der Waals surface area (Å²) < 4.78 is 1.19. The number of rotatable bonds is 5. The third-order valence-electron chi connectivity index (χ3n) is 2.84. The molecule has 1 heterocycles. The number of hydrogen-bond donors (Lipinski definition) is 2. The van der Waals surface area contributed by atoms with E-state index in [1.165, 1.54) is 16.8 Å².